The van der Waals surface area contributed by atoms with E-state index in [1.807, 2.05) is 12.1 Å². The van der Waals surface area contributed by atoms with E-state index < -0.39 is 0 Å². The highest BCUT2D eigenvalue weighted by Crippen LogP contribution is 2.46. The average Bonchev–Trinajstić information content (AvgIpc) is 2.99. The van der Waals surface area contributed by atoms with Crippen molar-refractivity contribution in [3.8, 4) is 11.5 Å². The Bertz CT molecular complexity index is 492. The lowest BCUT2D eigenvalue weighted by Gasteiger charge is -2.19. The molecule has 0 spiro atoms. The molecule has 0 bridgehead atoms. The fourth-order valence-electron chi connectivity index (χ4n) is 2.99. The Morgan fingerprint density at radius 3 is 2.58 bits per heavy atom. The Hall–Kier alpha value is -1.22. The van der Waals surface area contributed by atoms with Crippen LogP contribution in [0, 0.1) is 5.41 Å². The lowest BCUT2D eigenvalue weighted by molar-refractivity contribution is 0.186. The molecule has 0 radical (unpaired) electrons. The summed E-state index contributed by atoms with van der Waals surface area (Å²) in [7, 11) is 0. The molecule has 3 rings (SSSR count). The van der Waals surface area contributed by atoms with Crippen molar-refractivity contribution < 1.29 is 9.84 Å². The topological polar surface area (TPSA) is 55.5 Å². The number of phenolic OH excluding ortho intramolecular Hbond substituents is 1. The van der Waals surface area contributed by atoms with Crippen molar-refractivity contribution >= 4 is 0 Å². The molecule has 19 heavy (non-hydrogen) atoms. The molecule has 2 saturated carbocycles. The highest BCUT2D eigenvalue weighted by molar-refractivity contribution is 5.45. The van der Waals surface area contributed by atoms with E-state index in [0.717, 1.165) is 31.2 Å². The predicted molar refractivity (Wildman–Crippen MR) is 75.3 cm³/mol. The summed E-state index contributed by atoms with van der Waals surface area (Å²) in [6.45, 7) is 4.54. The molecule has 1 aromatic carbocycles. The van der Waals surface area contributed by atoms with E-state index in [0.29, 0.717) is 11.2 Å². The van der Waals surface area contributed by atoms with Crippen molar-refractivity contribution in [2.75, 3.05) is 0 Å². The molecule has 2 fully saturated rings. The summed E-state index contributed by atoms with van der Waals surface area (Å²) in [5, 5.41) is 9.95. The van der Waals surface area contributed by atoms with Crippen LogP contribution >= 0.6 is 0 Å². The van der Waals surface area contributed by atoms with Gasteiger partial charge in [-0.25, -0.2) is 0 Å². The van der Waals surface area contributed by atoms with Crippen LogP contribution in [0.5, 0.6) is 11.5 Å². The Kier molecular flexibility index (Phi) is 2.79. The highest BCUT2D eigenvalue weighted by atomic mass is 16.5. The first kappa shape index (κ1) is 12.8. The summed E-state index contributed by atoms with van der Waals surface area (Å²) in [6, 6.07) is 5.54. The lowest BCUT2D eigenvalue weighted by atomic mass is 9.92. The zero-order valence-electron chi connectivity index (χ0n) is 11.8. The van der Waals surface area contributed by atoms with Crippen LogP contribution in [-0.4, -0.2) is 11.2 Å². The second kappa shape index (κ2) is 4.14. The first-order valence-electron chi connectivity index (χ1n) is 7.17. The van der Waals surface area contributed by atoms with Crippen LogP contribution in [0.1, 0.15) is 51.5 Å². The van der Waals surface area contributed by atoms with E-state index in [9.17, 15) is 5.11 Å². The van der Waals surface area contributed by atoms with Crippen LogP contribution in [0.25, 0.3) is 0 Å². The first-order valence-corrected chi connectivity index (χ1v) is 7.17. The molecule has 3 heteroatoms. The maximum Gasteiger partial charge on any atom is 0.161 e. The number of aromatic hydroxyl groups is 1. The SMILES string of the molecule is CC1(C)CCC(Oc2cc(C3(N)CC3)ccc2O)C1. The Morgan fingerprint density at radius 1 is 1.26 bits per heavy atom. The van der Waals surface area contributed by atoms with E-state index in [1.54, 1.807) is 6.07 Å². The van der Waals surface area contributed by atoms with Crippen molar-refractivity contribution in [3.05, 3.63) is 23.8 Å². The Morgan fingerprint density at radius 2 is 2.00 bits per heavy atom. The van der Waals surface area contributed by atoms with E-state index in [4.69, 9.17) is 10.5 Å². The standard InChI is InChI=1S/C16H23NO2/c1-15(2)6-5-12(10-15)19-14-9-11(3-4-13(14)18)16(17)7-8-16/h3-4,9,12,18H,5-8,10,17H2,1-2H3. The minimum Gasteiger partial charge on any atom is -0.504 e. The summed E-state index contributed by atoms with van der Waals surface area (Å²) in [6.07, 6.45) is 5.54. The summed E-state index contributed by atoms with van der Waals surface area (Å²) < 4.78 is 6.00. The molecule has 0 saturated heterocycles. The van der Waals surface area contributed by atoms with Gasteiger partial charge in [0.2, 0.25) is 0 Å². The van der Waals surface area contributed by atoms with E-state index in [-0.39, 0.29) is 17.4 Å². The van der Waals surface area contributed by atoms with Crippen LogP contribution in [0.4, 0.5) is 0 Å². The Balaban J connectivity index is 1.77. The zero-order chi connectivity index (χ0) is 13.7. The van der Waals surface area contributed by atoms with Crippen LogP contribution in [0.15, 0.2) is 18.2 Å². The van der Waals surface area contributed by atoms with Gasteiger partial charge in [0.1, 0.15) is 0 Å². The van der Waals surface area contributed by atoms with Gasteiger partial charge in [-0.1, -0.05) is 19.9 Å². The molecule has 1 atom stereocenters. The van der Waals surface area contributed by atoms with Gasteiger partial charge in [-0.15, -0.1) is 0 Å². The van der Waals surface area contributed by atoms with Gasteiger partial charge in [0, 0.05) is 5.54 Å². The van der Waals surface area contributed by atoms with Crippen LogP contribution < -0.4 is 10.5 Å². The maximum atomic E-state index is 9.95. The van der Waals surface area contributed by atoms with E-state index in [2.05, 4.69) is 13.8 Å². The van der Waals surface area contributed by atoms with E-state index >= 15 is 0 Å². The number of hydrogen-bond acceptors (Lipinski definition) is 3. The second-order valence-electron chi connectivity index (χ2n) is 6.99. The number of benzene rings is 1. The fraction of sp³-hybridized carbons (Fsp3) is 0.625. The molecule has 3 N–H and O–H groups in total. The van der Waals surface area contributed by atoms with Gasteiger partial charge in [0.25, 0.3) is 0 Å². The summed E-state index contributed by atoms with van der Waals surface area (Å²) in [4.78, 5) is 0. The van der Waals surface area contributed by atoms with E-state index in [1.165, 1.54) is 6.42 Å². The summed E-state index contributed by atoms with van der Waals surface area (Å²) in [5.41, 5.74) is 7.45. The monoisotopic (exact) mass is 261 g/mol. The molecule has 0 aromatic heterocycles. The third kappa shape index (κ3) is 2.57. The maximum absolute atomic E-state index is 9.95. The molecule has 1 unspecified atom stereocenters. The average molecular weight is 261 g/mol. The quantitative estimate of drug-likeness (QED) is 0.877. The van der Waals surface area contributed by atoms with Crippen molar-refractivity contribution in [2.45, 2.75) is 57.6 Å². The molecular formula is C16H23NO2. The van der Waals surface area contributed by atoms with Gasteiger partial charge < -0.3 is 15.6 Å². The largest absolute Gasteiger partial charge is 0.504 e. The minimum absolute atomic E-state index is 0.180. The molecule has 1 aromatic rings. The molecule has 0 aliphatic heterocycles. The van der Waals surface area contributed by atoms with Gasteiger partial charge in [0.15, 0.2) is 11.5 Å². The Labute approximate surface area is 114 Å². The molecular weight excluding hydrogens is 238 g/mol. The number of phenols is 1. The molecule has 3 nitrogen and oxygen atoms in total. The normalized spacial score (nSPS) is 27.2. The van der Waals surface area contributed by atoms with Crippen molar-refractivity contribution in [2.24, 2.45) is 11.1 Å². The van der Waals surface area contributed by atoms with Gasteiger partial charge in [-0.05, 0) is 55.2 Å². The van der Waals surface area contributed by atoms with Gasteiger partial charge in [-0.3, -0.25) is 0 Å². The summed E-state index contributed by atoms with van der Waals surface area (Å²) in [5.74, 6) is 0.814. The summed E-state index contributed by atoms with van der Waals surface area (Å²) >= 11 is 0. The third-order valence-electron chi connectivity index (χ3n) is 4.54. The molecule has 0 amide bonds. The van der Waals surface area contributed by atoms with Crippen molar-refractivity contribution in [1.82, 2.24) is 0 Å². The minimum atomic E-state index is -0.180. The predicted octanol–water partition coefficient (Wildman–Crippen LogP) is 3.30. The molecule has 0 heterocycles. The highest BCUT2D eigenvalue weighted by Gasteiger charge is 2.40. The third-order valence-corrected chi connectivity index (χ3v) is 4.54. The van der Waals surface area contributed by atoms with Gasteiger partial charge in [-0.2, -0.15) is 0 Å². The molecule has 2 aliphatic carbocycles. The number of hydrogen-bond donors (Lipinski definition) is 2. The van der Waals surface area contributed by atoms with Crippen LogP contribution in [0.2, 0.25) is 0 Å². The first-order chi connectivity index (χ1) is 8.88. The van der Waals surface area contributed by atoms with Crippen LogP contribution in [0.3, 0.4) is 0 Å². The molecule has 2 aliphatic rings. The number of nitrogens with two attached hydrogens (primary N) is 1. The fourth-order valence-corrected chi connectivity index (χ4v) is 2.99. The molecule has 104 valence electrons. The van der Waals surface area contributed by atoms with Crippen molar-refractivity contribution in [1.29, 1.82) is 0 Å². The number of ether oxygens (including phenoxy) is 1. The number of rotatable bonds is 3. The van der Waals surface area contributed by atoms with Crippen LogP contribution in [-0.2, 0) is 5.54 Å². The lowest BCUT2D eigenvalue weighted by Crippen LogP contribution is -2.19. The second-order valence-corrected chi connectivity index (χ2v) is 6.99. The smallest absolute Gasteiger partial charge is 0.161 e. The van der Waals surface area contributed by atoms with Crippen molar-refractivity contribution in [3.63, 3.8) is 0 Å². The zero-order valence-corrected chi connectivity index (χ0v) is 11.8. The van der Waals surface area contributed by atoms with Gasteiger partial charge >= 0.3 is 0 Å². The van der Waals surface area contributed by atoms with Gasteiger partial charge in [0.05, 0.1) is 6.10 Å².